The largest absolute Gasteiger partial charge is 0.490 e. The minimum atomic E-state index is -0.588. The van der Waals surface area contributed by atoms with Crippen molar-refractivity contribution in [2.75, 3.05) is 6.61 Å². The molecule has 1 aromatic heterocycles. The van der Waals surface area contributed by atoms with Gasteiger partial charge in [0.1, 0.15) is 11.1 Å². The van der Waals surface area contributed by atoms with Gasteiger partial charge in [-0.1, -0.05) is 84.1 Å². The van der Waals surface area contributed by atoms with E-state index in [1.807, 2.05) is 6.07 Å². The van der Waals surface area contributed by atoms with Crippen molar-refractivity contribution in [3.05, 3.63) is 40.2 Å². The molecule has 0 radical (unpaired) electrons. The molecule has 0 atom stereocenters. The first-order chi connectivity index (χ1) is 16.1. The number of fused-ring (bicyclic) bond motifs is 1. The van der Waals surface area contributed by atoms with Crippen molar-refractivity contribution in [1.82, 2.24) is 0 Å². The lowest BCUT2D eigenvalue weighted by Gasteiger charge is -2.28. The van der Waals surface area contributed by atoms with E-state index in [0.717, 1.165) is 37.4 Å². The highest BCUT2D eigenvalue weighted by Crippen LogP contribution is 2.38. The highest BCUT2D eigenvalue weighted by Gasteiger charge is 2.25. The van der Waals surface area contributed by atoms with Crippen molar-refractivity contribution >= 4 is 10.8 Å². The second-order valence-electron chi connectivity index (χ2n) is 9.96. The number of hydrogen-bond acceptors (Lipinski definition) is 3. The first kappa shape index (κ1) is 25.8. The van der Waals surface area contributed by atoms with Gasteiger partial charge in [-0.3, -0.25) is 0 Å². The van der Waals surface area contributed by atoms with Gasteiger partial charge >= 0.3 is 5.63 Å². The smallest absolute Gasteiger partial charge is 0.346 e. The highest BCUT2D eigenvalue weighted by molar-refractivity contribution is 5.83. The summed E-state index contributed by atoms with van der Waals surface area (Å²) in [5.74, 6) is 1.35. The molecule has 0 aliphatic heterocycles. The van der Waals surface area contributed by atoms with Crippen molar-refractivity contribution in [1.29, 1.82) is 0 Å². The number of hydrogen-bond donors (Lipinski definition) is 0. The zero-order valence-electron chi connectivity index (χ0n) is 20.8. The SMILES string of the molecule is CCCCCCCCOc1ccc2cc(C3CCC(CCCCCC)CC3)oc(=O)c2c1F. The summed E-state index contributed by atoms with van der Waals surface area (Å²) in [6.07, 6.45) is 18.0. The maximum absolute atomic E-state index is 15.0. The van der Waals surface area contributed by atoms with Crippen molar-refractivity contribution in [2.45, 2.75) is 116 Å². The van der Waals surface area contributed by atoms with Gasteiger partial charge in [0.15, 0.2) is 11.6 Å². The summed E-state index contributed by atoms with van der Waals surface area (Å²) in [6, 6.07) is 5.34. The fourth-order valence-electron chi connectivity index (χ4n) is 5.21. The number of unbranched alkanes of at least 4 members (excludes halogenated alkanes) is 8. The molecule has 0 unspecified atom stereocenters. The molecule has 1 aliphatic carbocycles. The van der Waals surface area contributed by atoms with Crippen LogP contribution in [0.4, 0.5) is 4.39 Å². The van der Waals surface area contributed by atoms with Crippen LogP contribution in [0.25, 0.3) is 10.8 Å². The first-order valence-corrected chi connectivity index (χ1v) is 13.5. The van der Waals surface area contributed by atoms with E-state index in [-0.39, 0.29) is 17.1 Å². The van der Waals surface area contributed by atoms with Gasteiger partial charge in [-0.25, -0.2) is 9.18 Å². The average molecular weight is 459 g/mol. The molecule has 1 aromatic carbocycles. The Kier molecular flexibility index (Phi) is 10.8. The number of rotatable bonds is 14. The Morgan fingerprint density at radius 2 is 1.58 bits per heavy atom. The second kappa shape index (κ2) is 13.8. The Hall–Kier alpha value is -1.84. The lowest BCUT2D eigenvalue weighted by Crippen LogP contribution is -2.15. The molecule has 0 bridgehead atoms. The summed E-state index contributed by atoms with van der Waals surface area (Å²) in [4.78, 5) is 12.7. The Balaban J connectivity index is 1.56. The van der Waals surface area contributed by atoms with E-state index in [1.165, 1.54) is 70.6 Å². The van der Waals surface area contributed by atoms with Crippen LogP contribution in [0.3, 0.4) is 0 Å². The van der Waals surface area contributed by atoms with Crippen LogP contribution in [0.5, 0.6) is 5.75 Å². The number of halogens is 1. The Morgan fingerprint density at radius 1 is 0.909 bits per heavy atom. The van der Waals surface area contributed by atoms with Crippen LogP contribution in [0, 0.1) is 11.7 Å². The lowest BCUT2D eigenvalue weighted by atomic mass is 9.78. The number of benzene rings is 1. The molecule has 2 aromatic rings. The predicted octanol–water partition coefficient (Wildman–Crippen LogP) is 8.92. The van der Waals surface area contributed by atoms with Crippen LogP contribution in [-0.2, 0) is 0 Å². The third-order valence-electron chi connectivity index (χ3n) is 7.32. The second-order valence-corrected chi connectivity index (χ2v) is 9.96. The van der Waals surface area contributed by atoms with E-state index >= 15 is 4.39 Å². The maximum atomic E-state index is 15.0. The Morgan fingerprint density at radius 3 is 2.30 bits per heavy atom. The molecular weight excluding hydrogens is 415 g/mol. The zero-order valence-corrected chi connectivity index (χ0v) is 20.8. The van der Waals surface area contributed by atoms with E-state index in [9.17, 15) is 4.79 Å². The van der Waals surface area contributed by atoms with E-state index in [0.29, 0.717) is 12.0 Å². The van der Waals surface area contributed by atoms with Crippen LogP contribution in [0.1, 0.15) is 122 Å². The van der Waals surface area contributed by atoms with Crippen molar-refractivity contribution in [2.24, 2.45) is 5.92 Å². The van der Waals surface area contributed by atoms with Crippen molar-refractivity contribution < 1.29 is 13.5 Å². The first-order valence-electron chi connectivity index (χ1n) is 13.5. The monoisotopic (exact) mass is 458 g/mol. The molecule has 33 heavy (non-hydrogen) atoms. The molecule has 0 N–H and O–H groups in total. The van der Waals surface area contributed by atoms with E-state index in [4.69, 9.17) is 9.15 Å². The predicted molar refractivity (Wildman–Crippen MR) is 135 cm³/mol. The molecular formula is C29H43FO3. The molecule has 1 fully saturated rings. The molecule has 1 heterocycles. The zero-order chi connectivity index (χ0) is 23.5. The molecule has 3 nitrogen and oxygen atoms in total. The molecule has 0 saturated heterocycles. The van der Waals surface area contributed by atoms with Crippen LogP contribution < -0.4 is 10.4 Å². The minimum absolute atomic E-state index is 0.0174. The van der Waals surface area contributed by atoms with Gasteiger partial charge in [-0.2, -0.15) is 0 Å². The average Bonchev–Trinajstić information content (AvgIpc) is 2.82. The molecule has 0 amide bonds. The van der Waals surface area contributed by atoms with Crippen LogP contribution >= 0.6 is 0 Å². The lowest BCUT2D eigenvalue weighted by molar-refractivity contribution is 0.275. The van der Waals surface area contributed by atoms with Gasteiger partial charge in [0.2, 0.25) is 0 Å². The van der Waals surface area contributed by atoms with Crippen molar-refractivity contribution in [3.8, 4) is 5.75 Å². The molecule has 3 rings (SSSR count). The van der Waals surface area contributed by atoms with E-state index in [1.54, 1.807) is 12.1 Å². The third kappa shape index (κ3) is 7.58. The van der Waals surface area contributed by atoms with Crippen molar-refractivity contribution in [3.63, 3.8) is 0 Å². The molecule has 184 valence electrons. The highest BCUT2D eigenvalue weighted by atomic mass is 19.1. The van der Waals surface area contributed by atoms with Gasteiger partial charge in [0.05, 0.1) is 6.61 Å². The summed E-state index contributed by atoms with van der Waals surface area (Å²) < 4.78 is 26.3. The quantitative estimate of drug-likeness (QED) is 0.265. The van der Waals surface area contributed by atoms with Gasteiger partial charge < -0.3 is 9.15 Å². The van der Waals surface area contributed by atoms with E-state index in [2.05, 4.69) is 13.8 Å². The minimum Gasteiger partial charge on any atom is -0.490 e. The molecule has 1 aliphatic rings. The summed E-state index contributed by atoms with van der Waals surface area (Å²) in [5, 5.41) is 0.635. The third-order valence-corrected chi connectivity index (χ3v) is 7.32. The van der Waals surface area contributed by atoms with Gasteiger partial charge in [0.25, 0.3) is 0 Å². The topological polar surface area (TPSA) is 39.4 Å². The van der Waals surface area contributed by atoms with Crippen LogP contribution in [0.2, 0.25) is 0 Å². The maximum Gasteiger partial charge on any atom is 0.346 e. The molecule has 4 heteroatoms. The summed E-state index contributed by atoms with van der Waals surface area (Å²) in [7, 11) is 0. The molecule has 0 spiro atoms. The van der Waals surface area contributed by atoms with Gasteiger partial charge in [-0.15, -0.1) is 0 Å². The summed E-state index contributed by atoms with van der Waals surface area (Å²) in [5.41, 5.74) is -0.577. The summed E-state index contributed by atoms with van der Waals surface area (Å²) in [6.45, 7) is 4.92. The standard InChI is InChI=1S/C29H43FO3/c1-3-5-7-9-10-12-20-32-25-19-18-24-21-26(33-29(31)27(24)28(25)30)23-16-14-22(15-17-23)13-11-8-6-4-2/h18-19,21-23H,3-17,20H2,1-2H3. The summed E-state index contributed by atoms with van der Waals surface area (Å²) >= 11 is 0. The van der Waals surface area contributed by atoms with E-state index < -0.39 is 11.4 Å². The Labute approximate surface area is 199 Å². The fraction of sp³-hybridized carbons (Fsp3) is 0.690. The van der Waals surface area contributed by atoms with Crippen LogP contribution in [0.15, 0.2) is 27.4 Å². The molecule has 1 saturated carbocycles. The fourth-order valence-corrected chi connectivity index (χ4v) is 5.21. The Bertz CT molecular complexity index is 896. The van der Waals surface area contributed by atoms with Gasteiger partial charge in [0, 0.05) is 5.92 Å². The van der Waals surface area contributed by atoms with Crippen LogP contribution in [-0.4, -0.2) is 6.61 Å². The normalized spacial score (nSPS) is 18.6. The number of ether oxygens (including phenoxy) is 1. The van der Waals surface area contributed by atoms with Gasteiger partial charge in [-0.05, 0) is 55.5 Å².